The van der Waals surface area contributed by atoms with E-state index in [0.717, 1.165) is 0 Å². The molecule has 1 atom stereocenters. The van der Waals surface area contributed by atoms with E-state index in [1.54, 1.807) is 42.5 Å². The van der Waals surface area contributed by atoms with E-state index in [9.17, 15) is 12.6 Å². The second kappa shape index (κ2) is 6.58. The van der Waals surface area contributed by atoms with Crippen LogP contribution in [0.4, 0.5) is 5.69 Å². The monoisotopic (exact) mass is 362 g/mol. The third-order valence-electron chi connectivity index (χ3n) is 3.26. The zero-order chi connectivity index (χ0) is 17.2. The van der Waals surface area contributed by atoms with Gasteiger partial charge in [-0.15, -0.1) is 0 Å². The SMILES string of the molecule is CS(=O)c1onc(-c2ccccc2)c1NS(=O)(=O)c1ccccc1. The van der Waals surface area contributed by atoms with Crippen LogP contribution in [0.15, 0.2) is 75.2 Å². The summed E-state index contributed by atoms with van der Waals surface area (Å²) in [6.07, 6.45) is 1.40. The molecule has 0 amide bonds. The van der Waals surface area contributed by atoms with E-state index in [4.69, 9.17) is 4.52 Å². The van der Waals surface area contributed by atoms with Crippen molar-refractivity contribution in [3.63, 3.8) is 0 Å². The Labute approximate surface area is 142 Å². The molecule has 0 aliphatic rings. The molecule has 1 unspecified atom stereocenters. The van der Waals surface area contributed by atoms with Crippen LogP contribution < -0.4 is 4.72 Å². The van der Waals surface area contributed by atoms with Gasteiger partial charge in [-0.3, -0.25) is 8.93 Å². The smallest absolute Gasteiger partial charge is 0.262 e. The Morgan fingerprint density at radius 2 is 1.58 bits per heavy atom. The Kier molecular flexibility index (Phi) is 4.50. The molecule has 0 saturated carbocycles. The van der Waals surface area contributed by atoms with E-state index in [2.05, 4.69) is 9.88 Å². The molecular weight excluding hydrogens is 348 g/mol. The number of benzene rings is 2. The van der Waals surface area contributed by atoms with Gasteiger partial charge in [0.05, 0.1) is 15.7 Å². The first kappa shape index (κ1) is 16.4. The predicted octanol–water partition coefficient (Wildman–Crippen LogP) is 2.88. The molecule has 0 saturated heterocycles. The van der Waals surface area contributed by atoms with Crippen LogP contribution in [0.5, 0.6) is 0 Å². The molecule has 0 aliphatic carbocycles. The highest BCUT2D eigenvalue weighted by molar-refractivity contribution is 7.92. The maximum atomic E-state index is 12.6. The first-order valence-corrected chi connectivity index (χ1v) is 9.99. The Balaban J connectivity index is 2.10. The highest BCUT2D eigenvalue weighted by atomic mass is 32.2. The van der Waals surface area contributed by atoms with Gasteiger partial charge >= 0.3 is 0 Å². The van der Waals surface area contributed by atoms with Gasteiger partial charge in [-0.2, -0.15) is 0 Å². The first-order valence-electron chi connectivity index (χ1n) is 6.95. The first-order chi connectivity index (χ1) is 11.5. The second-order valence-corrected chi connectivity index (χ2v) is 7.89. The molecular formula is C16H14N2O4S2. The maximum absolute atomic E-state index is 12.6. The molecule has 1 N–H and O–H groups in total. The van der Waals surface area contributed by atoms with Crippen molar-refractivity contribution in [2.75, 3.05) is 11.0 Å². The lowest BCUT2D eigenvalue weighted by Crippen LogP contribution is -2.14. The fourth-order valence-electron chi connectivity index (χ4n) is 2.15. The number of anilines is 1. The van der Waals surface area contributed by atoms with Gasteiger partial charge in [0.1, 0.15) is 11.4 Å². The highest BCUT2D eigenvalue weighted by Crippen LogP contribution is 2.33. The van der Waals surface area contributed by atoms with Crippen LogP contribution in [0.25, 0.3) is 11.3 Å². The number of hydrogen-bond donors (Lipinski definition) is 1. The molecule has 0 spiro atoms. The summed E-state index contributed by atoms with van der Waals surface area (Å²) in [5.74, 6) is 0. The van der Waals surface area contributed by atoms with Gasteiger partial charge < -0.3 is 4.52 Å². The number of hydrogen-bond acceptors (Lipinski definition) is 5. The summed E-state index contributed by atoms with van der Waals surface area (Å²) < 4.78 is 44.6. The minimum atomic E-state index is -3.85. The van der Waals surface area contributed by atoms with E-state index in [1.165, 1.54) is 18.4 Å². The zero-order valence-electron chi connectivity index (χ0n) is 12.7. The van der Waals surface area contributed by atoms with Crippen molar-refractivity contribution in [2.45, 2.75) is 9.99 Å². The van der Waals surface area contributed by atoms with Gasteiger partial charge in [0.25, 0.3) is 10.0 Å². The topological polar surface area (TPSA) is 89.3 Å². The van der Waals surface area contributed by atoms with Gasteiger partial charge in [0, 0.05) is 11.8 Å². The summed E-state index contributed by atoms with van der Waals surface area (Å²) in [4.78, 5) is 0.0954. The van der Waals surface area contributed by atoms with Gasteiger partial charge in [0.15, 0.2) is 0 Å². The molecule has 124 valence electrons. The van der Waals surface area contributed by atoms with E-state index in [0.29, 0.717) is 11.3 Å². The largest absolute Gasteiger partial charge is 0.344 e. The third-order valence-corrected chi connectivity index (χ3v) is 5.43. The fraction of sp³-hybridized carbons (Fsp3) is 0.0625. The third kappa shape index (κ3) is 3.24. The summed E-state index contributed by atoms with van der Waals surface area (Å²) in [6, 6.07) is 16.9. The average molecular weight is 362 g/mol. The van der Waals surface area contributed by atoms with Crippen molar-refractivity contribution < 1.29 is 17.1 Å². The molecule has 3 aromatic rings. The molecule has 3 rings (SSSR count). The lowest BCUT2D eigenvalue weighted by molar-refractivity contribution is 0.349. The molecule has 1 aromatic heterocycles. The summed E-state index contributed by atoms with van der Waals surface area (Å²) >= 11 is 0. The summed E-state index contributed by atoms with van der Waals surface area (Å²) in [6.45, 7) is 0. The molecule has 2 aromatic carbocycles. The zero-order valence-corrected chi connectivity index (χ0v) is 14.3. The summed E-state index contributed by atoms with van der Waals surface area (Å²) in [7, 11) is -5.39. The Hall–Kier alpha value is -2.45. The van der Waals surface area contributed by atoms with Crippen LogP contribution in [0, 0.1) is 0 Å². The van der Waals surface area contributed by atoms with Crippen molar-refractivity contribution in [2.24, 2.45) is 0 Å². The van der Waals surface area contributed by atoms with Crippen LogP contribution in [0.1, 0.15) is 0 Å². The predicted molar refractivity (Wildman–Crippen MR) is 91.5 cm³/mol. The van der Waals surface area contributed by atoms with Gasteiger partial charge in [-0.1, -0.05) is 53.7 Å². The van der Waals surface area contributed by atoms with Crippen molar-refractivity contribution in [3.8, 4) is 11.3 Å². The Morgan fingerprint density at radius 3 is 2.17 bits per heavy atom. The van der Waals surface area contributed by atoms with Crippen LogP contribution in [-0.2, 0) is 20.8 Å². The van der Waals surface area contributed by atoms with Crippen LogP contribution in [0.3, 0.4) is 0 Å². The summed E-state index contributed by atoms with van der Waals surface area (Å²) in [5.41, 5.74) is 1.04. The lowest BCUT2D eigenvalue weighted by atomic mass is 10.1. The van der Waals surface area contributed by atoms with E-state index in [1.807, 2.05) is 6.07 Å². The van der Waals surface area contributed by atoms with Crippen molar-refractivity contribution in [3.05, 3.63) is 60.7 Å². The van der Waals surface area contributed by atoms with E-state index >= 15 is 0 Å². The molecule has 0 bridgehead atoms. The minimum Gasteiger partial charge on any atom is -0.344 e. The number of sulfonamides is 1. The average Bonchev–Trinajstić information content (AvgIpc) is 2.99. The molecule has 0 fully saturated rings. The number of aromatic nitrogens is 1. The molecule has 8 heteroatoms. The number of nitrogens with zero attached hydrogens (tertiary/aromatic N) is 1. The standard InChI is InChI=1S/C16H14N2O4S2/c1-23(19)16-15(14(17-22-16)12-8-4-2-5-9-12)18-24(20,21)13-10-6-3-7-11-13/h2-11,18H,1H3. The van der Waals surface area contributed by atoms with E-state index in [-0.39, 0.29) is 15.7 Å². The van der Waals surface area contributed by atoms with Crippen molar-refractivity contribution in [1.29, 1.82) is 0 Å². The second-order valence-electron chi connectivity index (χ2n) is 4.93. The lowest BCUT2D eigenvalue weighted by Gasteiger charge is -2.08. The normalized spacial score (nSPS) is 12.7. The minimum absolute atomic E-state index is 0.0200. The molecule has 24 heavy (non-hydrogen) atoms. The molecule has 0 radical (unpaired) electrons. The van der Waals surface area contributed by atoms with Crippen LogP contribution >= 0.6 is 0 Å². The van der Waals surface area contributed by atoms with Crippen LogP contribution in [0.2, 0.25) is 0 Å². The van der Waals surface area contributed by atoms with Gasteiger partial charge in [0.2, 0.25) is 5.09 Å². The number of rotatable bonds is 5. The van der Waals surface area contributed by atoms with Crippen molar-refractivity contribution >= 4 is 26.5 Å². The summed E-state index contributed by atoms with van der Waals surface area (Å²) in [5, 5.41) is 3.87. The maximum Gasteiger partial charge on any atom is 0.262 e. The molecule has 0 aliphatic heterocycles. The molecule has 1 heterocycles. The van der Waals surface area contributed by atoms with Crippen LogP contribution in [-0.4, -0.2) is 24.0 Å². The van der Waals surface area contributed by atoms with Gasteiger partial charge in [-0.05, 0) is 12.1 Å². The van der Waals surface area contributed by atoms with E-state index < -0.39 is 20.8 Å². The van der Waals surface area contributed by atoms with Crippen molar-refractivity contribution in [1.82, 2.24) is 5.16 Å². The number of nitrogens with one attached hydrogen (secondary N) is 1. The fourth-order valence-corrected chi connectivity index (χ4v) is 3.88. The molecule has 6 nitrogen and oxygen atoms in total. The quantitative estimate of drug-likeness (QED) is 0.754. The Bertz CT molecular complexity index is 968. The highest BCUT2D eigenvalue weighted by Gasteiger charge is 2.25. The Morgan fingerprint density at radius 1 is 1.00 bits per heavy atom. The van der Waals surface area contributed by atoms with Gasteiger partial charge in [-0.25, -0.2) is 8.42 Å².